The van der Waals surface area contributed by atoms with E-state index in [1.54, 1.807) is 0 Å². The highest BCUT2D eigenvalue weighted by atomic mass is 35.5. The van der Waals surface area contributed by atoms with Crippen LogP contribution in [-0.4, -0.2) is 5.91 Å². The van der Waals surface area contributed by atoms with Crippen LogP contribution in [0.3, 0.4) is 0 Å². The van der Waals surface area contributed by atoms with Crippen LogP contribution in [0.15, 0.2) is 36.4 Å². The number of benzene rings is 2. The molecular weight excluding hydrogens is 288 g/mol. The molecule has 0 aliphatic carbocycles. The first-order chi connectivity index (χ1) is 9.49. The van der Waals surface area contributed by atoms with Crippen molar-refractivity contribution in [1.82, 2.24) is 0 Å². The van der Waals surface area contributed by atoms with Crippen LogP contribution in [0.1, 0.15) is 15.9 Å². The number of halogens is 3. The van der Waals surface area contributed by atoms with E-state index in [0.717, 1.165) is 12.1 Å². The third-order valence-electron chi connectivity index (χ3n) is 2.63. The minimum Gasteiger partial charge on any atom is -0.483 e. The van der Waals surface area contributed by atoms with E-state index in [2.05, 4.69) is 0 Å². The fourth-order valence-electron chi connectivity index (χ4n) is 1.67. The summed E-state index contributed by atoms with van der Waals surface area (Å²) in [5, 5.41) is 0.333. The molecule has 2 aromatic rings. The molecule has 0 aromatic heterocycles. The molecule has 104 valence electrons. The van der Waals surface area contributed by atoms with Crippen LogP contribution in [0.4, 0.5) is 8.78 Å². The summed E-state index contributed by atoms with van der Waals surface area (Å²) in [5.74, 6) is -2.84. The van der Waals surface area contributed by atoms with Crippen LogP contribution in [0.5, 0.6) is 5.75 Å². The fourth-order valence-corrected chi connectivity index (χ4v) is 1.85. The van der Waals surface area contributed by atoms with E-state index in [1.807, 2.05) is 0 Å². The molecule has 0 saturated carbocycles. The molecule has 6 heteroatoms. The summed E-state index contributed by atoms with van der Waals surface area (Å²) in [4.78, 5) is 11.3. The van der Waals surface area contributed by atoms with Crippen LogP contribution in [0.25, 0.3) is 0 Å². The second-order valence-corrected chi connectivity index (χ2v) is 4.44. The number of ether oxygens (including phenoxy) is 1. The number of nitrogens with two attached hydrogens (primary N) is 1. The van der Waals surface area contributed by atoms with Crippen molar-refractivity contribution in [2.24, 2.45) is 5.73 Å². The number of carbonyl (C=O) groups is 1. The Kier molecular flexibility index (Phi) is 4.20. The number of para-hydroxylation sites is 1. The summed E-state index contributed by atoms with van der Waals surface area (Å²) in [5.41, 5.74) is 5.75. The lowest BCUT2D eigenvalue weighted by molar-refractivity contribution is 0.0998. The Labute approximate surface area is 118 Å². The maximum atomic E-state index is 13.4. The first-order valence-corrected chi connectivity index (χ1v) is 6.02. The number of rotatable bonds is 4. The topological polar surface area (TPSA) is 52.3 Å². The molecule has 20 heavy (non-hydrogen) atoms. The minimum atomic E-state index is -0.820. The van der Waals surface area contributed by atoms with Gasteiger partial charge < -0.3 is 10.5 Å². The zero-order valence-corrected chi connectivity index (χ0v) is 11.0. The van der Waals surface area contributed by atoms with Gasteiger partial charge in [0.2, 0.25) is 5.91 Å². The molecule has 0 fully saturated rings. The quantitative estimate of drug-likeness (QED) is 0.941. The molecule has 0 aliphatic rings. The van der Waals surface area contributed by atoms with E-state index in [9.17, 15) is 13.6 Å². The molecule has 0 spiro atoms. The number of hydrogen-bond acceptors (Lipinski definition) is 2. The lowest BCUT2D eigenvalue weighted by Crippen LogP contribution is -2.15. The lowest BCUT2D eigenvalue weighted by Gasteiger charge is -2.10. The van der Waals surface area contributed by atoms with Crippen LogP contribution < -0.4 is 10.5 Å². The van der Waals surface area contributed by atoms with Crippen molar-refractivity contribution in [1.29, 1.82) is 0 Å². The van der Waals surface area contributed by atoms with Crippen molar-refractivity contribution in [3.63, 3.8) is 0 Å². The van der Waals surface area contributed by atoms with E-state index in [-0.39, 0.29) is 12.2 Å². The van der Waals surface area contributed by atoms with Crippen molar-refractivity contribution in [3.8, 4) is 5.75 Å². The van der Waals surface area contributed by atoms with Gasteiger partial charge in [0.25, 0.3) is 0 Å². The first kappa shape index (κ1) is 14.3. The zero-order valence-electron chi connectivity index (χ0n) is 10.2. The van der Waals surface area contributed by atoms with Gasteiger partial charge in [-0.2, -0.15) is 0 Å². The van der Waals surface area contributed by atoms with Crippen molar-refractivity contribution in [2.45, 2.75) is 6.61 Å². The van der Waals surface area contributed by atoms with E-state index in [4.69, 9.17) is 22.1 Å². The second kappa shape index (κ2) is 5.88. The van der Waals surface area contributed by atoms with Crippen molar-refractivity contribution < 1.29 is 18.3 Å². The Bertz CT molecular complexity index is 641. The van der Waals surface area contributed by atoms with Gasteiger partial charge in [-0.3, -0.25) is 4.79 Å². The van der Waals surface area contributed by atoms with E-state index < -0.39 is 23.3 Å². The molecule has 0 heterocycles. The molecule has 0 atom stereocenters. The Morgan fingerprint density at radius 1 is 1.20 bits per heavy atom. The molecule has 0 bridgehead atoms. The summed E-state index contributed by atoms with van der Waals surface area (Å²) in [6.45, 7) is -0.201. The number of hydrogen-bond donors (Lipinski definition) is 1. The van der Waals surface area contributed by atoms with Crippen molar-refractivity contribution in [3.05, 3.63) is 64.2 Å². The monoisotopic (exact) mass is 297 g/mol. The molecule has 2 rings (SSSR count). The van der Waals surface area contributed by atoms with Crippen LogP contribution in [0, 0.1) is 11.6 Å². The molecule has 0 saturated heterocycles. The molecule has 0 unspecified atom stereocenters. The maximum absolute atomic E-state index is 13.4. The fraction of sp³-hybridized carbons (Fsp3) is 0.0714. The summed E-state index contributed by atoms with van der Waals surface area (Å²) in [6, 6.07) is 7.81. The van der Waals surface area contributed by atoms with Crippen molar-refractivity contribution >= 4 is 17.5 Å². The predicted molar refractivity (Wildman–Crippen MR) is 70.7 cm³/mol. The average molecular weight is 298 g/mol. The van der Waals surface area contributed by atoms with Gasteiger partial charge >= 0.3 is 0 Å². The molecule has 0 aliphatic heterocycles. The normalized spacial score (nSPS) is 10.3. The molecule has 2 aromatic carbocycles. The van der Waals surface area contributed by atoms with E-state index in [1.165, 1.54) is 24.3 Å². The van der Waals surface area contributed by atoms with Crippen molar-refractivity contribution in [2.75, 3.05) is 0 Å². The smallest absolute Gasteiger partial charge is 0.249 e. The van der Waals surface area contributed by atoms with E-state index in [0.29, 0.717) is 10.6 Å². The van der Waals surface area contributed by atoms with Gasteiger partial charge in [0.05, 0.1) is 0 Å². The Balaban J connectivity index is 2.25. The number of primary amides is 1. The van der Waals surface area contributed by atoms with E-state index >= 15 is 0 Å². The third-order valence-corrected chi connectivity index (χ3v) is 2.86. The molecule has 2 N–H and O–H groups in total. The lowest BCUT2D eigenvalue weighted by atomic mass is 10.1. The average Bonchev–Trinajstić information content (AvgIpc) is 2.39. The molecule has 1 amide bonds. The van der Waals surface area contributed by atoms with Crippen LogP contribution in [0.2, 0.25) is 5.02 Å². The highest BCUT2D eigenvalue weighted by Gasteiger charge is 2.13. The van der Waals surface area contributed by atoms with Gasteiger partial charge in [-0.1, -0.05) is 23.7 Å². The maximum Gasteiger partial charge on any atom is 0.249 e. The van der Waals surface area contributed by atoms with Crippen LogP contribution >= 0.6 is 11.6 Å². The van der Waals surface area contributed by atoms with Gasteiger partial charge in [-0.25, -0.2) is 8.78 Å². The number of amides is 1. The largest absolute Gasteiger partial charge is 0.483 e. The molecular formula is C14H10ClF2NO2. The minimum absolute atomic E-state index is 0.147. The Morgan fingerprint density at radius 2 is 1.85 bits per heavy atom. The van der Waals surface area contributed by atoms with Gasteiger partial charge in [0.1, 0.15) is 6.61 Å². The van der Waals surface area contributed by atoms with Gasteiger partial charge in [-0.15, -0.1) is 0 Å². The molecule has 3 nitrogen and oxygen atoms in total. The summed E-state index contributed by atoms with van der Waals surface area (Å²) >= 11 is 5.76. The highest BCUT2D eigenvalue weighted by molar-refractivity contribution is 6.31. The summed E-state index contributed by atoms with van der Waals surface area (Å²) < 4.78 is 31.9. The Hall–Kier alpha value is -2.14. The summed E-state index contributed by atoms with van der Waals surface area (Å²) in [7, 11) is 0. The number of carbonyl (C=O) groups excluding carboxylic acids is 1. The SMILES string of the molecule is NC(=O)c1cc(Cl)ccc1COc1c(F)cccc1F. The van der Waals surface area contributed by atoms with Gasteiger partial charge in [-0.05, 0) is 24.3 Å². The van der Waals surface area contributed by atoms with Gasteiger partial charge in [0.15, 0.2) is 17.4 Å². The first-order valence-electron chi connectivity index (χ1n) is 5.64. The Morgan fingerprint density at radius 3 is 2.45 bits per heavy atom. The predicted octanol–water partition coefficient (Wildman–Crippen LogP) is 3.30. The summed E-state index contributed by atoms with van der Waals surface area (Å²) in [6.07, 6.45) is 0. The zero-order chi connectivity index (χ0) is 14.7. The van der Waals surface area contributed by atoms with Crippen LogP contribution in [-0.2, 0) is 6.61 Å². The molecule has 0 radical (unpaired) electrons. The third kappa shape index (κ3) is 3.05. The van der Waals surface area contributed by atoms with Gasteiger partial charge in [0, 0.05) is 16.1 Å². The standard InChI is InChI=1S/C14H10ClF2NO2/c15-9-5-4-8(10(6-9)14(18)19)7-20-13-11(16)2-1-3-12(13)17/h1-6H,7H2,(H2,18,19). The highest BCUT2D eigenvalue weighted by Crippen LogP contribution is 2.23. The second-order valence-electron chi connectivity index (χ2n) is 4.01.